The van der Waals surface area contributed by atoms with Crippen molar-refractivity contribution in [1.82, 2.24) is 0 Å². The second-order valence-corrected chi connectivity index (χ2v) is 4.34. The zero-order chi connectivity index (χ0) is 12.8. The van der Waals surface area contributed by atoms with Crippen molar-refractivity contribution in [2.75, 3.05) is 25.1 Å². The third kappa shape index (κ3) is 3.27. The van der Waals surface area contributed by atoms with Crippen LogP contribution in [0.2, 0.25) is 0 Å². The van der Waals surface area contributed by atoms with Crippen LogP contribution in [-0.4, -0.2) is 26.2 Å². The number of ether oxygens (including phenoxy) is 1. The maximum absolute atomic E-state index is 11.0. The molecule has 1 fully saturated rings. The molecule has 0 amide bonds. The maximum Gasteiger partial charge on any atom is 0.384 e. The minimum absolute atomic E-state index is 0.502. The van der Waals surface area contributed by atoms with Gasteiger partial charge in [-0.3, -0.25) is 0 Å². The Hall–Kier alpha value is -1.95. The van der Waals surface area contributed by atoms with Gasteiger partial charge in [0.1, 0.15) is 0 Å². The van der Waals surface area contributed by atoms with Crippen LogP contribution in [0.3, 0.4) is 0 Å². The fourth-order valence-corrected chi connectivity index (χ4v) is 2.11. The summed E-state index contributed by atoms with van der Waals surface area (Å²) < 4.78 is 4.50. The first-order valence-electron chi connectivity index (χ1n) is 6.24. The first-order valence-corrected chi connectivity index (χ1v) is 6.24. The molecule has 0 saturated carbocycles. The SMILES string of the molecule is COC(=O)C#Cc1cccc(N2CCCCC2)c1. The number of piperidine rings is 1. The van der Waals surface area contributed by atoms with Gasteiger partial charge in [0.05, 0.1) is 7.11 Å². The number of hydrogen-bond acceptors (Lipinski definition) is 3. The Labute approximate surface area is 108 Å². The fraction of sp³-hybridized carbons (Fsp3) is 0.400. The van der Waals surface area contributed by atoms with Crippen LogP contribution in [-0.2, 0) is 9.53 Å². The van der Waals surface area contributed by atoms with E-state index in [1.54, 1.807) is 0 Å². The van der Waals surface area contributed by atoms with Crippen LogP contribution in [0.5, 0.6) is 0 Å². The molecule has 1 heterocycles. The molecule has 1 saturated heterocycles. The summed E-state index contributed by atoms with van der Waals surface area (Å²) in [6.07, 6.45) is 3.81. The van der Waals surface area contributed by atoms with E-state index in [1.807, 2.05) is 18.2 Å². The van der Waals surface area contributed by atoms with Crippen molar-refractivity contribution in [1.29, 1.82) is 0 Å². The van der Waals surface area contributed by atoms with Crippen molar-refractivity contribution in [3.05, 3.63) is 29.8 Å². The van der Waals surface area contributed by atoms with E-state index in [4.69, 9.17) is 0 Å². The lowest BCUT2D eigenvalue weighted by Crippen LogP contribution is -2.29. The van der Waals surface area contributed by atoms with Gasteiger partial charge in [0.15, 0.2) is 0 Å². The van der Waals surface area contributed by atoms with Crippen LogP contribution in [0, 0.1) is 11.8 Å². The third-order valence-electron chi connectivity index (χ3n) is 3.06. The number of hydrogen-bond donors (Lipinski definition) is 0. The number of carbonyl (C=O) groups excluding carboxylic acids is 1. The molecule has 94 valence electrons. The Morgan fingerprint density at radius 2 is 2.06 bits per heavy atom. The van der Waals surface area contributed by atoms with Gasteiger partial charge in [0, 0.05) is 30.3 Å². The molecular formula is C15H17NO2. The minimum Gasteiger partial charge on any atom is -0.459 e. The van der Waals surface area contributed by atoms with Crippen molar-refractivity contribution in [3.8, 4) is 11.8 Å². The predicted molar refractivity (Wildman–Crippen MR) is 71.4 cm³/mol. The highest BCUT2D eigenvalue weighted by atomic mass is 16.5. The Bertz CT molecular complexity index is 479. The van der Waals surface area contributed by atoms with Crippen LogP contribution in [0.15, 0.2) is 24.3 Å². The van der Waals surface area contributed by atoms with E-state index in [9.17, 15) is 4.79 Å². The molecule has 1 aliphatic rings. The van der Waals surface area contributed by atoms with Crippen molar-refractivity contribution < 1.29 is 9.53 Å². The first-order chi connectivity index (χ1) is 8.79. The van der Waals surface area contributed by atoms with Gasteiger partial charge in [-0.1, -0.05) is 12.0 Å². The third-order valence-corrected chi connectivity index (χ3v) is 3.06. The van der Waals surface area contributed by atoms with E-state index in [2.05, 4.69) is 27.5 Å². The van der Waals surface area contributed by atoms with Gasteiger partial charge in [-0.25, -0.2) is 4.79 Å². The van der Waals surface area contributed by atoms with Crippen molar-refractivity contribution in [2.24, 2.45) is 0 Å². The number of methoxy groups -OCH3 is 1. The summed E-state index contributed by atoms with van der Waals surface area (Å²) in [5.74, 6) is 4.77. The van der Waals surface area contributed by atoms with Gasteiger partial charge in [0.2, 0.25) is 0 Å². The fourth-order valence-electron chi connectivity index (χ4n) is 2.11. The Kier molecular flexibility index (Phi) is 4.25. The lowest BCUT2D eigenvalue weighted by Gasteiger charge is -2.28. The quantitative estimate of drug-likeness (QED) is 0.559. The van der Waals surface area contributed by atoms with Crippen LogP contribution >= 0.6 is 0 Å². The highest BCUT2D eigenvalue weighted by Gasteiger charge is 2.10. The van der Waals surface area contributed by atoms with Gasteiger partial charge in [-0.15, -0.1) is 0 Å². The molecule has 0 unspecified atom stereocenters. The molecule has 1 aromatic rings. The number of carbonyl (C=O) groups is 1. The Morgan fingerprint density at radius 1 is 1.28 bits per heavy atom. The van der Waals surface area contributed by atoms with E-state index in [1.165, 1.54) is 32.1 Å². The highest BCUT2D eigenvalue weighted by molar-refractivity contribution is 5.89. The standard InChI is InChI=1S/C15H17NO2/c1-18-15(17)9-8-13-6-5-7-14(12-13)16-10-3-2-4-11-16/h5-7,12H,2-4,10-11H2,1H3. The molecule has 0 atom stereocenters. The molecule has 3 nitrogen and oxygen atoms in total. The summed E-state index contributed by atoms with van der Waals surface area (Å²) in [4.78, 5) is 13.3. The topological polar surface area (TPSA) is 29.5 Å². The predicted octanol–water partition coefficient (Wildman–Crippen LogP) is 2.20. The van der Waals surface area contributed by atoms with Gasteiger partial charge in [-0.05, 0) is 37.5 Å². The summed E-state index contributed by atoms with van der Waals surface area (Å²) in [6, 6.07) is 8.00. The second-order valence-electron chi connectivity index (χ2n) is 4.34. The van der Waals surface area contributed by atoms with Gasteiger partial charge < -0.3 is 9.64 Å². The number of benzene rings is 1. The van der Waals surface area contributed by atoms with E-state index in [0.29, 0.717) is 0 Å². The lowest BCUT2D eigenvalue weighted by molar-refractivity contribution is -0.133. The number of esters is 1. The zero-order valence-electron chi connectivity index (χ0n) is 10.6. The van der Waals surface area contributed by atoms with Crippen LogP contribution in [0.1, 0.15) is 24.8 Å². The molecule has 0 spiro atoms. The van der Waals surface area contributed by atoms with Crippen molar-refractivity contribution in [3.63, 3.8) is 0 Å². The van der Waals surface area contributed by atoms with Crippen molar-refractivity contribution in [2.45, 2.75) is 19.3 Å². The molecule has 0 radical (unpaired) electrons. The average Bonchev–Trinajstić information content (AvgIpc) is 2.46. The normalized spacial score (nSPS) is 14.6. The van der Waals surface area contributed by atoms with Crippen LogP contribution < -0.4 is 4.90 Å². The summed E-state index contributed by atoms with van der Waals surface area (Å²) in [5, 5.41) is 0. The Morgan fingerprint density at radius 3 is 2.78 bits per heavy atom. The zero-order valence-corrected chi connectivity index (χ0v) is 10.6. The smallest absolute Gasteiger partial charge is 0.384 e. The van der Waals surface area contributed by atoms with Crippen LogP contribution in [0.4, 0.5) is 5.69 Å². The first kappa shape index (κ1) is 12.5. The number of rotatable bonds is 1. The molecule has 0 aromatic heterocycles. The summed E-state index contributed by atoms with van der Waals surface area (Å²) in [6.45, 7) is 2.21. The average molecular weight is 243 g/mol. The molecule has 1 aliphatic heterocycles. The van der Waals surface area contributed by atoms with Gasteiger partial charge in [0.25, 0.3) is 0 Å². The lowest BCUT2D eigenvalue weighted by atomic mass is 10.1. The Balaban J connectivity index is 2.13. The minimum atomic E-state index is -0.502. The van der Waals surface area contributed by atoms with Gasteiger partial charge in [-0.2, -0.15) is 0 Å². The van der Waals surface area contributed by atoms with E-state index in [0.717, 1.165) is 18.7 Å². The maximum atomic E-state index is 11.0. The van der Waals surface area contributed by atoms with Crippen molar-refractivity contribution >= 4 is 11.7 Å². The van der Waals surface area contributed by atoms with E-state index >= 15 is 0 Å². The van der Waals surface area contributed by atoms with E-state index in [-0.39, 0.29) is 0 Å². The number of anilines is 1. The van der Waals surface area contributed by atoms with Gasteiger partial charge >= 0.3 is 5.97 Å². The molecule has 2 rings (SSSR count). The monoisotopic (exact) mass is 243 g/mol. The number of nitrogens with zero attached hydrogens (tertiary/aromatic N) is 1. The molecule has 0 bridgehead atoms. The van der Waals surface area contributed by atoms with E-state index < -0.39 is 5.97 Å². The largest absolute Gasteiger partial charge is 0.459 e. The highest BCUT2D eigenvalue weighted by Crippen LogP contribution is 2.20. The molecule has 18 heavy (non-hydrogen) atoms. The summed E-state index contributed by atoms with van der Waals surface area (Å²) in [7, 11) is 1.33. The second kappa shape index (κ2) is 6.11. The van der Waals surface area contributed by atoms with Crippen LogP contribution in [0.25, 0.3) is 0 Å². The molecule has 0 N–H and O–H groups in total. The summed E-state index contributed by atoms with van der Waals surface area (Å²) >= 11 is 0. The molecule has 1 aromatic carbocycles. The molecule has 3 heteroatoms. The molecular weight excluding hydrogens is 226 g/mol. The molecule has 0 aliphatic carbocycles. The summed E-state index contributed by atoms with van der Waals surface area (Å²) in [5.41, 5.74) is 2.04.